The van der Waals surface area contributed by atoms with E-state index < -0.39 is 69.7 Å². The number of nitrogens with one attached hydrogen (secondary N) is 1. The maximum Gasteiger partial charge on any atom is 0.436 e. The zero-order valence-electron chi connectivity index (χ0n) is 57.1. The zero-order chi connectivity index (χ0) is 77.1. The Balaban J connectivity index is 0.000000171. The van der Waals surface area contributed by atoms with Gasteiger partial charge in [0.1, 0.15) is 68.4 Å². The molecule has 566 valence electrons. The number of pyridine rings is 3. The van der Waals surface area contributed by atoms with Gasteiger partial charge in [0.2, 0.25) is 17.7 Å². The minimum Gasteiger partial charge on any atom is -0.495 e. The van der Waals surface area contributed by atoms with E-state index >= 15 is 0 Å². The summed E-state index contributed by atoms with van der Waals surface area (Å²) >= 11 is 41.6. The summed E-state index contributed by atoms with van der Waals surface area (Å²) in [4.78, 5) is 61.4. The van der Waals surface area contributed by atoms with Crippen molar-refractivity contribution < 1.29 is 68.1 Å². The van der Waals surface area contributed by atoms with Gasteiger partial charge in [-0.1, -0.05) is 87.8 Å². The molecule has 37 heteroatoms. The van der Waals surface area contributed by atoms with Gasteiger partial charge in [-0.05, 0) is 93.6 Å². The van der Waals surface area contributed by atoms with Crippen molar-refractivity contribution >= 4 is 116 Å². The number of H-pyrrole nitrogens is 1. The quantitative estimate of drug-likeness (QED) is 0.0795. The van der Waals surface area contributed by atoms with Crippen LogP contribution in [-0.4, -0.2) is 181 Å². The first-order valence-corrected chi connectivity index (χ1v) is 35.0. The lowest BCUT2D eigenvalue weighted by Gasteiger charge is -2.41. The SMILES string of the molecule is COc1cc(N2CCN(C(=O)CCl)[C@@H](C)C2)ccc1Cl.COc1cc(N2CCN(C(=O)Cn3nc(-c4ccccn4)c(Cl)c3C(F)(F)F)[C@@H](C)C2)ccc1Cl.COc1cc(N2CCN(C(=O)Cn3nc(C(F)(F)F)c(Cl)c3-c3ccccn3)[C@@H](C)C2)ccc1Cl.FC(F)(F)c1[nH]nc(-c2ccccn2)c1Cl. The van der Waals surface area contributed by atoms with Crippen LogP contribution >= 0.6 is 81.2 Å². The molecular weight excluding hydrogens is 1550 g/mol. The molecule has 12 rings (SSSR count). The Morgan fingerprint density at radius 1 is 0.472 bits per heavy atom. The molecule has 3 atom stereocenters. The minimum absolute atomic E-state index is 0.00501. The maximum atomic E-state index is 13.8. The number of carbonyl (C=O) groups is 3. The molecule has 9 aromatic rings. The van der Waals surface area contributed by atoms with E-state index in [1.165, 1.54) is 51.0 Å². The Kier molecular flexibility index (Phi) is 27.2. The predicted molar refractivity (Wildman–Crippen MR) is 388 cm³/mol. The van der Waals surface area contributed by atoms with Crippen LogP contribution in [0.15, 0.2) is 128 Å². The highest BCUT2D eigenvalue weighted by Gasteiger charge is 2.43. The van der Waals surface area contributed by atoms with Crippen molar-refractivity contribution in [2.45, 2.75) is 70.5 Å². The van der Waals surface area contributed by atoms with Crippen molar-refractivity contribution in [1.82, 2.24) is 59.4 Å². The van der Waals surface area contributed by atoms with Crippen molar-refractivity contribution in [3.8, 4) is 51.4 Å². The van der Waals surface area contributed by atoms with E-state index in [0.29, 0.717) is 88.5 Å². The summed E-state index contributed by atoms with van der Waals surface area (Å²) < 4.78 is 137. The number of benzene rings is 3. The lowest BCUT2D eigenvalue weighted by Crippen LogP contribution is -2.55. The number of hydrogen-bond donors (Lipinski definition) is 1. The van der Waals surface area contributed by atoms with E-state index in [4.69, 9.17) is 95.4 Å². The fraction of sp³-hybridized carbons (Fsp3) is 0.348. The maximum absolute atomic E-state index is 13.8. The second kappa shape index (κ2) is 35.4. The number of amides is 3. The number of carbonyl (C=O) groups excluding carboxylic acids is 3. The van der Waals surface area contributed by atoms with Gasteiger partial charge in [0.15, 0.2) is 17.1 Å². The standard InChI is InChI=1S/2C23H22Cl2F3N5O2.C14H18Cl2N2O2.C9H5ClF3N3/c1-14-12-31(15-6-7-16(24)18(11-15)35-2)9-10-32(14)19(34)13-33-21(17-5-3-4-8-29-17)20(25)22(30-33)23(26,27)28;1-14-12-31(15-6-7-16(24)18(11-15)35-2)9-10-32(14)19(34)13-33-22(23(26,27)28)20(25)21(30-33)17-5-3-4-8-29-17;1-10-9-17(5-6-18(10)14(19)8-15)11-3-4-12(16)13(7-11)20-2;10-6-7(5-3-1-2-4-14-5)15-16-8(6)9(11,12)13/h2*3-8,11,14H,9-10,12-13H2,1-2H3;3-4,7,10H,5-6,8-9H2,1-2H3;1-4H,(H,15,16)/t2*14-;10-;/m000./s1. The highest BCUT2D eigenvalue weighted by molar-refractivity contribution is 6.35. The van der Waals surface area contributed by atoms with E-state index in [-0.39, 0.29) is 64.3 Å². The summed E-state index contributed by atoms with van der Waals surface area (Å²) in [5.74, 6) is 0.935. The van der Waals surface area contributed by atoms with Gasteiger partial charge >= 0.3 is 18.5 Å². The lowest BCUT2D eigenvalue weighted by atomic mass is 10.1. The van der Waals surface area contributed by atoms with E-state index in [9.17, 15) is 53.9 Å². The van der Waals surface area contributed by atoms with Crippen molar-refractivity contribution in [3.05, 3.63) is 175 Å². The molecule has 0 unspecified atom stereocenters. The number of halogens is 16. The second-order valence-corrected chi connectivity index (χ2v) is 26.6. The molecule has 3 amide bonds. The average Bonchev–Trinajstić information content (AvgIpc) is 1.62. The van der Waals surface area contributed by atoms with Gasteiger partial charge in [-0.3, -0.25) is 39.1 Å². The Morgan fingerprint density at radius 2 is 0.868 bits per heavy atom. The topological polar surface area (TPSA) is 201 Å². The molecule has 0 radical (unpaired) electrons. The number of aromatic nitrogens is 9. The van der Waals surface area contributed by atoms with E-state index in [0.717, 1.165) is 34.8 Å². The average molecular weight is 1620 g/mol. The van der Waals surface area contributed by atoms with Crippen LogP contribution in [0.2, 0.25) is 30.1 Å². The molecule has 21 nitrogen and oxygen atoms in total. The van der Waals surface area contributed by atoms with Crippen LogP contribution < -0.4 is 28.9 Å². The molecule has 3 aromatic carbocycles. The number of hydrogen-bond acceptors (Lipinski definition) is 15. The third-order valence-electron chi connectivity index (χ3n) is 17.1. The molecule has 6 aromatic heterocycles. The van der Waals surface area contributed by atoms with Crippen LogP contribution in [0.3, 0.4) is 0 Å². The van der Waals surface area contributed by atoms with Gasteiger partial charge < -0.3 is 43.6 Å². The van der Waals surface area contributed by atoms with Gasteiger partial charge in [0.05, 0.1) is 53.5 Å². The van der Waals surface area contributed by atoms with E-state index in [1.807, 2.05) is 73.2 Å². The number of rotatable bonds is 14. The number of nitrogens with zero attached hydrogens (tertiary/aromatic N) is 14. The predicted octanol–water partition coefficient (Wildman–Crippen LogP) is 15.8. The third kappa shape index (κ3) is 19.6. The van der Waals surface area contributed by atoms with Crippen LogP contribution in [-0.2, 0) is 46.0 Å². The first-order chi connectivity index (χ1) is 50.3. The summed E-state index contributed by atoms with van der Waals surface area (Å²) in [6.07, 6.45) is -9.79. The lowest BCUT2D eigenvalue weighted by molar-refractivity contribution is -0.146. The summed E-state index contributed by atoms with van der Waals surface area (Å²) in [6, 6.07) is 30.6. The van der Waals surface area contributed by atoms with Gasteiger partial charge in [-0.2, -0.15) is 54.8 Å². The Hall–Kier alpha value is -8.65. The number of anilines is 3. The zero-order valence-corrected chi connectivity index (χ0v) is 62.4. The Labute approximate surface area is 637 Å². The molecule has 3 saturated heterocycles. The first-order valence-electron chi connectivity index (χ1n) is 32.2. The monoisotopic (exact) mass is 1620 g/mol. The summed E-state index contributed by atoms with van der Waals surface area (Å²) in [5, 5.41) is 13.0. The van der Waals surface area contributed by atoms with Crippen LogP contribution in [0.4, 0.5) is 56.6 Å². The van der Waals surface area contributed by atoms with E-state index in [2.05, 4.69) is 44.9 Å². The second-order valence-electron chi connectivity index (χ2n) is 24.0. The molecule has 3 aliphatic heterocycles. The third-order valence-corrected chi connectivity index (χ3v) is 19.3. The van der Waals surface area contributed by atoms with E-state index in [1.54, 1.807) is 65.4 Å². The van der Waals surface area contributed by atoms with Crippen molar-refractivity contribution in [3.63, 3.8) is 0 Å². The Bertz CT molecular complexity index is 4510. The summed E-state index contributed by atoms with van der Waals surface area (Å²) in [7, 11) is 4.67. The normalized spacial score (nSPS) is 16.3. The molecule has 9 heterocycles. The molecule has 1 N–H and O–H groups in total. The first kappa shape index (κ1) is 81.4. The van der Waals surface area contributed by atoms with Crippen molar-refractivity contribution in [2.24, 2.45) is 0 Å². The number of piperazine rings is 3. The molecule has 106 heavy (non-hydrogen) atoms. The summed E-state index contributed by atoms with van der Waals surface area (Å²) in [5.41, 5.74) is -0.152. The number of aromatic amines is 1. The van der Waals surface area contributed by atoms with Gasteiger partial charge in [0, 0.05) is 131 Å². The highest BCUT2D eigenvalue weighted by Crippen LogP contribution is 2.43. The van der Waals surface area contributed by atoms with Gasteiger partial charge in [0.25, 0.3) is 0 Å². The highest BCUT2D eigenvalue weighted by atomic mass is 35.5. The molecule has 0 saturated carbocycles. The Morgan fingerprint density at radius 3 is 1.22 bits per heavy atom. The molecular formula is C69H67Cl7F9N15O6. The number of ether oxygens (including phenoxy) is 3. The molecule has 0 bridgehead atoms. The van der Waals surface area contributed by atoms with Crippen LogP contribution in [0.1, 0.15) is 37.9 Å². The van der Waals surface area contributed by atoms with Crippen LogP contribution in [0.5, 0.6) is 17.2 Å². The number of alkyl halides is 10. The fourth-order valence-electron chi connectivity index (χ4n) is 11.9. The van der Waals surface area contributed by atoms with Gasteiger partial charge in [-0.25, -0.2) is 4.68 Å². The van der Waals surface area contributed by atoms with Gasteiger partial charge in [-0.15, -0.1) is 11.6 Å². The fourth-order valence-corrected chi connectivity index (χ4v) is 13.6. The molecule has 3 aliphatic rings. The van der Waals surface area contributed by atoms with Crippen LogP contribution in [0, 0.1) is 0 Å². The molecule has 3 fully saturated rings. The number of methoxy groups -OCH3 is 3. The molecule has 0 spiro atoms. The smallest absolute Gasteiger partial charge is 0.436 e. The van der Waals surface area contributed by atoms with Crippen molar-refractivity contribution in [1.29, 1.82) is 0 Å². The molecule has 0 aliphatic carbocycles. The largest absolute Gasteiger partial charge is 0.495 e. The summed E-state index contributed by atoms with van der Waals surface area (Å²) in [6.45, 7) is 9.73. The minimum atomic E-state index is -4.80. The van der Waals surface area contributed by atoms with Crippen molar-refractivity contribution in [2.75, 3.05) is 101 Å². The van der Waals surface area contributed by atoms with Crippen LogP contribution in [0.25, 0.3) is 34.2 Å².